The Balaban J connectivity index is 2.79. The molecule has 1 amide bonds. The molecule has 0 aromatic heterocycles. The van der Waals surface area contributed by atoms with E-state index in [9.17, 15) is 35.1 Å². The zero-order valence-corrected chi connectivity index (χ0v) is 43.0. The fraction of sp³-hybridized carbons (Fsp3) is 0.857. The van der Waals surface area contributed by atoms with Crippen LogP contribution < -0.4 is 5.32 Å². The molecule has 0 aliphatic carbocycles. The summed E-state index contributed by atoms with van der Waals surface area (Å²) in [4.78, 5) is 26.4. The third kappa shape index (κ3) is 34.0. The van der Waals surface area contributed by atoms with Crippen molar-refractivity contribution in [1.29, 1.82) is 0 Å². The van der Waals surface area contributed by atoms with Crippen molar-refractivity contribution in [3.8, 4) is 0 Å². The minimum Gasteiger partial charge on any atom is -0.454 e. The van der Waals surface area contributed by atoms with Crippen LogP contribution in [0.5, 0.6) is 0 Å². The van der Waals surface area contributed by atoms with E-state index in [0.29, 0.717) is 12.8 Å². The van der Waals surface area contributed by atoms with Crippen molar-refractivity contribution in [1.82, 2.24) is 5.32 Å². The quantitative estimate of drug-likeness (QED) is 0.0196. The van der Waals surface area contributed by atoms with E-state index in [2.05, 4.69) is 50.4 Å². The zero-order chi connectivity index (χ0) is 49.0. The molecule has 0 aromatic carbocycles. The number of ether oxygens (including phenoxy) is 3. The standard InChI is InChI=1S/C56H103NO10/c1-4-7-10-13-16-19-22-25-28-30-33-36-39-42-48(59)47(57-55(64)49(60)43-40-37-34-31-27-24-21-18-15-12-9-6-3)46-65-56-54(53(63)52(62)50(45-58)66-56)67-51(61)44-41-38-35-32-29-26-23-20-17-14-11-8-5-2/h26-27,29,31,39,42,47-50,52-54,56,58-60,62-63H,4-25,28,30,32-38,40-41,43-46H2,1-3H3,(H,57,64)/b29-26-,31-27-,42-39+. The Labute approximate surface area is 409 Å². The van der Waals surface area contributed by atoms with Gasteiger partial charge in [-0.2, -0.15) is 0 Å². The number of nitrogens with one attached hydrogen (secondary N) is 1. The maximum atomic E-state index is 13.3. The summed E-state index contributed by atoms with van der Waals surface area (Å²) in [6.45, 7) is 5.73. The second kappa shape index (κ2) is 45.0. The SMILES string of the molecule is CCCCCCCC/C=C\CCCCCC(=O)OC1C(OCC(NC(=O)C(O)CCCC/C=C\CCCCCCCC)C(O)/C=C/CCCCCCCCCCCCC)OC(CO)C(O)C1O. The van der Waals surface area contributed by atoms with Crippen molar-refractivity contribution in [2.24, 2.45) is 0 Å². The number of aliphatic hydroxyl groups excluding tert-OH is 5. The van der Waals surface area contributed by atoms with Crippen molar-refractivity contribution in [3.63, 3.8) is 0 Å². The van der Waals surface area contributed by atoms with Gasteiger partial charge in [-0.25, -0.2) is 0 Å². The van der Waals surface area contributed by atoms with Crippen LogP contribution in [0.25, 0.3) is 0 Å². The topological polar surface area (TPSA) is 175 Å². The maximum absolute atomic E-state index is 13.3. The molecule has 1 fully saturated rings. The van der Waals surface area contributed by atoms with Gasteiger partial charge in [-0.05, 0) is 77.0 Å². The molecule has 0 saturated carbocycles. The Hall–Kier alpha value is -2.12. The van der Waals surface area contributed by atoms with E-state index < -0.39 is 67.4 Å². The summed E-state index contributed by atoms with van der Waals surface area (Å²) in [6.07, 6.45) is 40.5. The average Bonchev–Trinajstić information content (AvgIpc) is 3.32. The van der Waals surface area contributed by atoms with E-state index >= 15 is 0 Å². The fourth-order valence-corrected chi connectivity index (χ4v) is 8.52. The highest BCUT2D eigenvalue weighted by Crippen LogP contribution is 2.26. The highest BCUT2D eigenvalue weighted by Gasteiger charge is 2.47. The van der Waals surface area contributed by atoms with Gasteiger partial charge in [0.15, 0.2) is 12.4 Å². The van der Waals surface area contributed by atoms with Gasteiger partial charge in [0.1, 0.15) is 24.4 Å². The molecule has 8 atom stereocenters. The highest BCUT2D eigenvalue weighted by molar-refractivity contribution is 5.80. The number of amides is 1. The van der Waals surface area contributed by atoms with Crippen LogP contribution in [0.1, 0.15) is 245 Å². The fourth-order valence-electron chi connectivity index (χ4n) is 8.52. The minimum absolute atomic E-state index is 0.103. The lowest BCUT2D eigenvalue weighted by Gasteiger charge is -2.41. The monoisotopic (exact) mass is 950 g/mol. The van der Waals surface area contributed by atoms with Gasteiger partial charge >= 0.3 is 5.97 Å². The number of carbonyl (C=O) groups is 2. The lowest BCUT2D eigenvalue weighted by molar-refractivity contribution is -0.305. The van der Waals surface area contributed by atoms with Gasteiger partial charge in [0.2, 0.25) is 5.91 Å². The van der Waals surface area contributed by atoms with Gasteiger partial charge in [-0.3, -0.25) is 9.59 Å². The van der Waals surface area contributed by atoms with E-state index in [1.165, 1.54) is 135 Å². The summed E-state index contributed by atoms with van der Waals surface area (Å²) in [7, 11) is 0. The molecule has 0 spiro atoms. The molecule has 8 unspecified atom stereocenters. The molecule has 67 heavy (non-hydrogen) atoms. The number of allylic oxidation sites excluding steroid dienone is 5. The Morgan fingerprint density at radius 2 is 0.985 bits per heavy atom. The summed E-state index contributed by atoms with van der Waals surface area (Å²) in [5, 5.41) is 56.6. The van der Waals surface area contributed by atoms with Crippen LogP contribution in [0.3, 0.4) is 0 Å². The Bertz CT molecular complexity index is 1230. The molecule has 392 valence electrons. The molecule has 11 nitrogen and oxygen atoms in total. The van der Waals surface area contributed by atoms with Crippen molar-refractivity contribution in [2.75, 3.05) is 13.2 Å². The molecule has 1 aliphatic rings. The Morgan fingerprint density at radius 3 is 1.45 bits per heavy atom. The predicted octanol–water partition coefficient (Wildman–Crippen LogP) is 11.9. The molecule has 11 heteroatoms. The van der Waals surface area contributed by atoms with Crippen molar-refractivity contribution < 1.29 is 49.3 Å². The molecule has 1 rings (SSSR count). The number of aliphatic hydroxyl groups is 5. The third-order valence-electron chi connectivity index (χ3n) is 13.0. The first-order valence-electron chi connectivity index (χ1n) is 27.8. The average molecular weight is 950 g/mol. The van der Waals surface area contributed by atoms with Gasteiger partial charge in [-0.15, -0.1) is 0 Å². The second-order valence-corrected chi connectivity index (χ2v) is 19.3. The lowest BCUT2D eigenvalue weighted by atomic mass is 9.99. The summed E-state index contributed by atoms with van der Waals surface area (Å²) in [5.74, 6) is -1.23. The molecule has 1 saturated heterocycles. The third-order valence-corrected chi connectivity index (χ3v) is 13.0. The van der Waals surface area contributed by atoms with Crippen LogP contribution in [0.4, 0.5) is 0 Å². The zero-order valence-electron chi connectivity index (χ0n) is 43.0. The second-order valence-electron chi connectivity index (χ2n) is 19.3. The van der Waals surface area contributed by atoms with Crippen LogP contribution >= 0.6 is 0 Å². The largest absolute Gasteiger partial charge is 0.454 e. The summed E-state index contributed by atoms with van der Waals surface area (Å²) in [5.41, 5.74) is 0. The number of hydrogen-bond donors (Lipinski definition) is 6. The van der Waals surface area contributed by atoms with Gasteiger partial charge in [0, 0.05) is 6.42 Å². The minimum atomic E-state index is -1.62. The summed E-state index contributed by atoms with van der Waals surface area (Å²) < 4.78 is 17.5. The van der Waals surface area contributed by atoms with Crippen LogP contribution in [0.15, 0.2) is 36.5 Å². The van der Waals surface area contributed by atoms with Crippen molar-refractivity contribution in [3.05, 3.63) is 36.5 Å². The van der Waals surface area contributed by atoms with E-state index in [1.807, 2.05) is 6.08 Å². The molecule has 1 heterocycles. The van der Waals surface area contributed by atoms with Crippen LogP contribution in [0.2, 0.25) is 0 Å². The highest BCUT2D eigenvalue weighted by atomic mass is 16.7. The van der Waals surface area contributed by atoms with Gasteiger partial charge in [-0.1, -0.05) is 198 Å². The van der Waals surface area contributed by atoms with Gasteiger partial charge in [0.05, 0.1) is 25.4 Å². The molecular formula is C56H103NO10. The lowest BCUT2D eigenvalue weighted by Crippen LogP contribution is -2.61. The molecule has 0 aromatic rings. The van der Waals surface area contributed by atoms with E-state index in [1.54, 1.807) is 6.08 Å². The summed E-state index contributed by atoms with van der Waals surface area (Å²) in [6, 6.07) is -1.03. The van der Waals surface area contributed by atoms with Gasteiger partial charge < -0.3 is 45.1 Å². The molecule has 1 aliphatic heterocycles. The van der Waals surface area contributed by atoms with E-state index in [0.717, 1.165) is 64.2 Å². The Morgan fingerprint density at radius 1 is 0.567 bits per heavy atom. The number of esters is 1. The van der Waals surface area contributed by atoms with Crippen LogP contribution in [-0.4, -0.2) is 99.6 Å². The van der Waals surface area contributed by atoms with Crippen LogP contribution in [0, 0.1) is 0 Å². The number of rotatable bonds is 46. The smallest absolute Gasteiger partial charge is 0.306 e. The number of carbonyl (C=O) groups excluding carboxylic acids is 2. The molecule has 6 N–H and O–H groups in total. The molecular weight excluding hydrogens is 847 g/mol. The molecule has 0 radical (unpaired) electrons. The first-order valence-corrected chi connectivity index (χ1v) is 27.8. The van der Waals surface area contributed by atoms with E-state index in [4.69, 9.17) is 14.2 Å². The molecule has 0 bridgehead atoms. The summed E-state index contributed by atoms with van der Waals surface area (Å²) >= 11 is 0. The van der Waals surface area contributed by atoms with Gasteiger partial charge in [0.25, 0.3) is 0 Å². The van der Waals surface area contributed by atoms with E-state index in [-0.39, 0.29) is 19.4 Å². The first-order chi connectivity index (χ1) is 32.7. The van der Waals surface area contributed by atoms with Crippen molar-refractivity contribution in [2.45, 2.75) is 294 Å². The Kier molecular flexibility index (Phi) is 42.3. The predicted molar refractivity (Wildman–Crippen MR) is 274 cm³/mol. The van der Waals surface area contributed by atoms with Crippen molar-refractivity contribution >= 4 is 11.9 Å². The maximum Gasteiger partial charge on any atom is 0.306 e. The number of hydrogen-bond acceptors (Lipinski definition) is 10. The number of unbranched alkanes of at least 4 members (excludes halogenated alkanes) is 28. The normalized spacial score (nSPS) is 20.3. The van der Waals surface area contributed by atoms with Crippen LogP contribution in [-0.2, 0) is 23.8 Å². The first kappa shape index (κ1) is 62.9.